The maximum atomic E-state index is 12.4. The topological polar surface area (TPSA) is 65.2 Å². The van der Waals surface area contributed by atoms with E-state index in [1.807, 2.05) is 0 Å². The van der Waals surface area contributed by atoms with Gasteiger partial charge < -0.3 is 15.2 Å². The first-order valence-electron chi connectivity index (χ1n) is 9.08. The molecule has 4 rings (SSSR count). The van der Waals surface area contributed by atoms with Gasteiger partial charge in [-0.25, -0.2) is 0 Å². The molecule has 2 N–H and O–H groups in total. The van der Waals surface area contributed by atoms with Crippen LogP contribution in [0.15, 0.2) is 35.1 Å². The lowest BCUT2D eigenvalue weighted by Crippen LogP contribution is -2.39. The number of aryl methyl sites for hydroxylation is 3. The van der Waals surface area contributed by atoms with Crippen molar-refractivity contribution in [1.82, 2.24) is 10.3 Å². The van der Waals surface area contributed by atoms with Gasteiger partial charge in [0.05, 0.1) is 0 Å². The Bertz CT molecular complexity index is 856. The molecule has 1 aliphatic heterocycles. The number of nitrogens with one attached hydrogen (secondary N) is 2. The number of pyridine rings is 1. The first-order chi connectivity index (χ1) is 12.2. The van der Waals surface area contributed by atoms with Crippen LogP contribution in [-0.4, -0.2) is 30.5 Å². The Morgan fingerprint density at radius 1 is 1.12 bits per heavy atom. The number of H-pyrrole nitrogens is 1. The number of fused-ring (bicyclic) bond motifs is 2. The third-order valence-electron chi connectivity index (χ3n) is 5.21. The first-order valence-corrected chi connectivity index (χ1v) is 9.08. The SMILES string of the molecule is O=C(NCCN1CCCc2ccccc21)c1cc2c([nH]c1=O)CCC2. The molecule has 5 heteroatoms. The second-order valence-corrected chi connectivity index (χ2v) is 6.84. The number of aromatic amines is 1. The van der Waals surface area contributed by atoms with Crippen LogP contribution in [0.5, 0.6) is 0 Å². The third-order valence-corrected chi connectivity index (χ3v) is 5.21. The van der Waals surface area contributed by atoms with Crippen molar-refractivity contribution < 1.29 is 4.79 Å². The van der Waals surface area contributed by atoms with Gasteiger partial charge in [0.25, 0.3) is 11.5 Å². The van der Waals surface area contributed by atoms with Gasteiger partial charge in [0, 0.05) is 31.0 Å². The van der Waals surface area contributed by atoms with E-state index >= 15 is 0 Å². The van der Waals surface area contributed by atoms with Crippen molar-refractivity contribution in [3.05, 3.63) is 63.1 Å². The fourth-order valence-corrected chi connectivity index (χ4v) is 3.93. The number of carbonyl (C=O) groups is 1. The minimum atomic E-state index is -0.277. The third kappa shape index (κ3) is 3.18. The highest BCUT2D eigenvalue weighted by Crippen LogP contribution is 2.26. The van der Waals surface area contributed by atoms with Crippen LogP contribution in [0.4, 0.5) is 5.69 Å². The van der Waals surface area contributed by atoms with Gasteiger partial charge in [-0.2, -0.15) is 0 Å². The Kier molecular flexibility index (Phi) is 4.30. The average Bonchev–Trinajstić information content (AvgIpc) is 3.08. The molecule has 0 saturated heterocycles. The molecule has 5 nitrogen and oxygen atoms in total. The standard InChI is InChI=1S/C20H23N3O2/c24-19(16-13-15-6-3-8-17(15)22-20(16)25)21-10-12-23-11-4-7-14-5-1-2-9-18(14)23/h1-2,5,9,13H,3-4,6-8,10-12H2,(H,21,24)(H,22,25). The number of benzene rings is 1. The van der Waals surface area contributed by atoms with E-state index < -0.39 is 0 Å². The largest absolute Gasteiger partial charge is 0.370 e. The predicted molar refractivity (Wildman–Crippen MR) is 98.4 cm³/mol. The lowest BCUT2D eigenvalue weighted by molar-refractivity contribution is 0.0953. The summed E-state index contributed by atoms with van der Waals surface area (Å²) in [4.78, 5) is 29.7. The Hall–Kier alpha value is -2.56. The number of para-hydroxylation sites is 1. The highest BCUT2D eigenvalue weighted by molar-refractivity contribution is 5.94. The van der Waals surface area contributed by atoms with Crippen LogP contribution < -0.4 is 15.8 Å². The zero-order valence-corrected chi connectivity index (χ0v) is 14.3. The average molecular weight is 337 g/mol. The predicted octanol–water partition coefficient (Wildman–Crippen LogP) is 2.05. The first kappa shape index (κ1) is 15.9. The summed E-state index contributed by atoms with van der Waals surface area (Å²) in [7, 11) is 0. The molecule has 0 saturated carbocycles. The maximum Gasteiger partial charge on any atom is 0.261 e. The minimum absolute atomic E-state index is 0.236. The van der Waals surface area contributed by atoms with Gasteiger partial charge in [-0.05, 0) is 55.4 Å². The lowest BCUT2D eigenvalue weighted by Gasteiger charge is -2.31. The van der Waals surface area contributed by atoms with Gasteiger partial charge in [0.2, 0.25) is 0 Å². The lowest BCUT2D eigenvalue weighted by atomic mass is 10.0. The van der Waals surface area contributed by atoms with Crippen molar-refractivity contribution in [2.45, 2.75) is 32.1 Å². The van der Waals surface area contributed by atoms with Gasteiger partial charge in [0.1, 0.15) is 5.56 Å². The van der Waals surface area contributed by atoms with Crippen molar-refractivity contribution >= 4 is 11.6 Å². The molecule has 2 aliphatic rings. The van der Waals surface area contributed by atoms with E-state index in [2.05, 4.69) is 39.5 Å². The van der Waals surface area contributed by atoms with Crippen LogP contribution >= 0.6 is 0 Å². The number of hydrogen-bond donors (Lipinski definition) is 2. The normalized spacial score (nSPS) is 15.6. The van der Waals surface area contributed by atoms with Crippen LogP contribution in [0.1, 0.15) is 40.0 Å². The van der Waals surface area contributed by atoms with E-state index in [1.54, 1.807) is 6.07 Å². The van der Waals surface area contributed by atoms with Gasteiger partial charge in [0.15, 0.2) is 0 Å². The summed E-state index contributed by atoms with van der Waals surface area (Å²) < 4.78 is 0. The molecule has 0 radical (unpaired) electrons. The van der Waals surface area contributed by atoms with E-state index in [0.717, 1.165) is 56.5 Å². The van der Waals surface area contributed by atoms with Crippen molar-refractivity contribution in [2.75, 3.05) is 24.5 Å². The van der Waals surface area contributed by atoms with Crippen LogP contribution in [-0.2, 0) is 19.3 Å². The monoisotopic (exact) mass is 337 g/mol. The van der Waals surface area contributed by atoms with Crippen molar-refractivity contribution in [3.8, 4) is 0 Å². The molecule has 1 aliphatic carbocycles. The van der Waals surface area contributed by atoms with Crippen LogP contribution in [0.3, 0.4) is 0 Å². The second kappa shape index (κ2) is 6.75. The number of hydrogen-bond acceptors (Lipinski definition) is 3. The molecule has 2 heterocycles. The molecule has 2 aromatic rings. The van der Waals surface area contributed by atoms with Crippen molar-refractivity contribution in [3.63, 3.8) is 0 Å². The zero-order valence-electron chi connectivity index (χ0n) is 14.3. The molecule has 0 unspecified atom stereocenters. The molecule has 25 heavy (non-hydrogen) atoms. The van der Waals surface area contributed by atoms with Crippen LogP contribution in [0.2, 0.25) is 0 Å². The molecule has 1 aromatic carbocycles. The molecule has 1 amide bonds. The van der Waals surface area contributed by atoms with E-state index in [4.69, 9.17) is 0 Å². The zero-order chi connectivity index (χ0) is 17.2. The summed E-state index contributed by atoms with van der Waals surface area (Å²) in [6.45, 7) is 2.29. The van der Waals surface area contributed by atoms with E-state index in [0.29, 0.717) is 6.54 Å². The molecular formula is C20H23N3O2. The molecular weight excluding hydrogens is 314 g/mol. The minimum Gasteiger partial charge on any atom is -0.370 e. The maximum absolute atomic E-state index is 12.4. The fraction of sp³-hybridized carbons (Fsp3) is 0.400. The summed E-state index contributed by atoms with van der Waals surface area (Å²) in [6.07, 6.45) is 5.14. The van der Waals surface area contributed by atoms with E-state index in [-0.39, 0.29) is 17.0 Å². The molecule has 0 fully saturated rings. The Balaban J connectivity index is 1.40. The van der Waals surface area contributed by atoms with Gasteiger partial charge in [-0.1, -0.05) is 18.2 Å². The number of rotatable bonds is 4. The smallest absolute Gasteiger partial charge is 0.261 e. The van der Waals surface area contributed by atoms with Gasteiger partial charge >= 0.3 is 0 Å². The Morgan fingerprint density at radius 2 is 1.96 bits per heavy atom. The number of amides is 1. The Morgan fingerprint density at radius 3 is 2.88 bits per heavy atom. The Labute approximate surface area is 147 Å². The fourth-order valence-electron chi connectivity index (χ4n) is 3.93. The number of carbonyl (C=O) groups excluding carboxylic acids is 1. The van der Waals surface area contributed by atoms with Crippen LogP contribution in [0.25, 0.3) is 0 Å². The molecule has 0 bridgehead atoms. The van der Waals surface area contributed by atoms with Gasteiger partial charge in [-0.3, -0.25) is 9.59 Å². The number of anilines is 1. The summed E-state index contributed by atoms with van der Waals surface area (Å²) in [5, 5.41) is 2.91. The number of nitrogens with zero attached hydrogens (tertiary/aromatic N) is 1. The summed E-state index contributed by atoms with van der Waals surface area (Å²) in [5.74, 6) is -0.277. The summed E-state index contributed by atoms with van der Waals surface area (Å²) in [6, 6.07) is 10.2. The van der Waals surface area contributed by atoms with Crippen molar-refractivity contribution in [2.24, 2.45) is 0 Å². The summed E-state index contributed by atoms with van der Waals surface area (Å²) in [5.41, 5.74) is 4.69. The number of aromatic nitrogens is 1. The highest BCUT2D eigenvalue weighted by Gasteiger charge is 2.19. The molecule has 0 atom stereocenters. The van der Waals surface area contributed by atoms with Crippen LogP contribution in [0, 0.1) is 0 Å². The second-order valence-electron chi connectivity index (χ2n) is 6.84. The van der Waals surface area contributed by atoms with E-state index in [9.17, 15) is 9.59 Å². The molecule has 0 spiro atoms. The highest BCUT2D eigenvalue weighted by atomic mass is 16.2. The van der Waals surface area contributed by atoms with E-state index in [1.165, 1.54) is 11.3 Å². The van der Waals surface area contributed by atoms with Gasteiger partial charge in [-0.15, -0.1) is 0 Å². The molecule has 130 valence electrons. The van der Waals surface area contributed by atoms with Crippen molar-refractivity contribution in [1.29, 1.82) is 0 Å². The quantitative estimate of drug-likeness (QED) is 0.897. The summed E-state index contributed by atoms with van der Waals surface area (Å²) >= 11 is 0. The molecule has 1 aromatic heterocycles.